The standard InChI is InChI=1S/C33H41NO8/c1-31-14-12-22(35)16-21(31)6-9-24-25-13-15-33(40,32(25,2)17-26(36)30(24)31)27(37)19-42-29(39)11-10-28(38)34-18-20-4-7-23(41-3)8-5-20/h4-5,7-8,12,14,16,24-26,30,36,40H,6,9-11,13,15,17-19H2,1-3H3,(H,34,38)/t24-,25+,26-,30+,31+,32+,33+/m1/s1. The van der Waals surface area contributed by atoms with Gasteiger partial charge in [0.1, 0.15) is 11.4 Å². The first-order valence-electron chi connectivity index (χ1n) is 14.8. The number of benzene rings is 1. The van der Waals surface area contributed by atoms with E-state index in [2.05, 4.69) is 12.2 Å². The molecule has 0 bridgehead atoms. The van der Waals surface area contributed by atoms with Crippen LogP contribution in [-0.4, -0.2) is 59.1 Å². The average Bonchev–Trinajstić information content (AvgIpc) is 3.24. The molecule has 1 aromatic rings. The van der Waals surface area contributed by atoms with Gasteiger partial charge in [-0.15, -0.1) is 0 Å². The predicted molar refractivity (Wildman–Crippen MR) is 153 cm³/mol. The molecule has 4 aliphatic carbocycles. The molecule has 0 unspecified atom stereocenters. The molecular formula is C33H41NO8. The average molecular weight is 580 g/mol. The molecule has 42 heavy (non-hydrogen) atoms. The maximum Gasteiger partial charge on any atom is 0.306 e. The van der Waals surface area contributed by atoms with Crippen LogP contribution in [0.3, 0.4) is 0 Å². The first kappa shape index (κ1) is 30.2. The molecule has 0 aliphatic heterocycles. The van der Waals surface area contributed by atoms with Crippen molar-refractivity contribution >= 4 is 23.4 Å². The molecule has 0 aromatic heterocycles. The van der Waals surface area contributed by atoms with Crippen molar-refractivity contribution in [1.82, 2.24) is 5.32 Å². The molecule has 5 rings (SSSR count). The van der Waals surface area contributed by atoms with E-state index in [4.69, 9.17) is 9.47 Å². The monoisotopic (exact) mass is 579 g/mol. The fourth-order valence-corrected chi connectivity index (χ4v) is 8.37. The number of carbonyl (C=O) groups excluding carboxylic acids is 4. The van der Waals surface area contributed by atoms with Gasteiger partial charge in [0.15, 0.2) is 12.4 Å². The van der Waals surface area contributed by atoms with Gasteiger partial charge in [0.25, 0.3) is 0 Å². The van der Waals surface area contributed by atoms with Gasteiger partial charge >= 0.3 is 5.97 Å². The number of ether oxygens (including phenoxy) is 2. The highest BCUT2D eigenvalue weighted by Gasteiger charge is 2.68. The second-order valence-electron chi connectivity index (χ2n) is 12.8. The molecule has 0 radical (unpaired) electrons. The zero-order valence-corrected chi connectivity index (χ0v) is 24.6. The Morgan fingerprint density at radius 3 is 2.55 bits per heavy atom. The van der Waals surface area contributed by atoms with Crippen LogP contribution in [0, 0.1) is 28.6 Å². The quantitative estimate of drug-likeness (QED) is 0.379. The summed E-state index contributed by atoms with van der Waals surface area (Å²) in [5.74, 6) is -0.899. The summed E-state index contributed by atoms with van der Waals surface area (Å²) in [6.07, 6.45) is 6.81. The summed E-state index contributed by atoms with van der Waals surface area (Å²) >= 11 is 0. The van der Waals surface area contributed by atoms with Gasteiger partial charge in [0, 0.05) is 29.7 Å². The second-order valence-corrected chi connectivity index (χ2v) is 12.8. The van der Waals surface area contributed by atoms with E-state index >= 15 is 0 Å². The topological polar surface area (TPSA) is 139 Å². The van der Waals surface area contributed by atoms with Crippen LogP contribution in [0.4, 0.5) is 0 Å². The summed E-state index contributed by atoms with van der Waals surface area (Å²) < 4.78 is 10.3. The minimum atomic E-state index is -1.73. The fraction of sp³-hybridized carbons (Fsp3) is 0.576. The molecule has 3 saturated carbocycles. The van der Waals surface area contributed by atoms with Gasteiger partial charge in [-0.1, -0.05) is 37.6 Å². The van der Waals surface area contributed by atoms with E-state index < -0.39 is 40.9 Å². The highest BCUT2D eigenvalue weighted by atomic mass is 16.5. The van der Waals surface area contributed by atoms with Crippen molar-refractivity contribution in [2.45, 2.75) is 77.0 Å². The molecular weight excluding hydrogens is 538 g/mol. The van der Waals surface area contributed by atoms with Crippen molar-refractivity contribution in [3.63, 3.8) is 0 Å². The van der Waals surface area contributed by atoms with Crippen molar-refractivity contribution < 1.29 is 38.9 Å². The number of amides is 1. The molecule has 0 saturated heterocycles. The van der Waals surface area contributed by atoms with Crippen LogP contribution >= 0.6 is 0 Å². The second kappa shape index (κ2) is 11.4. The van der Waals surface area contributed by atoms with Gasteiger partial charge < -0.3 is 25.0 Å². The number of esters is 1. The summed E-state index contributed by atoms with van der Waals surface area (Å²) in [4.78, 5) is 50.0. The third-order valence-corrected chi connectivity index (χ3v) is 10.7. The van der Waals surface area contributed by atoms with Crippen molar-refractivity contribution in [1.29, 1.82) is 0 Å². The third-order valence-electron chi connectivity index (χ3n) is 10.7. The molecule has 226 valence electrons. The number of fused-ring (bicyclic) bond motifs is 5. The first-order chi connectivity index (χ1) is 19.9. The number of methoxy groups -OCH3 is 1. The number of ketones is 2. The van der Waals surface area contributed by atoms with E-state index in [-0.39, 0.29) is 55.1 Å². The number of allylic oxidation sites excluding steroid dienone is 4. The number of hydrogen-bond donors (Lipinski definition) is 3. The highest BCUT2D eigenvalue weighted by Crippen LogP contribution is 2.67. The van der Waals surface area contributed by atoms with E-state index in [0.717, 1.165) is 24.0 Å². The summed E-state index contributed by atoms with van der Waals surface area (Å²) in [7, 11) is 1.58. The number of aliphatic hydroxyl groups excluding tert-OH is 1. The SMILES string of the molecule is COc1ccc(CNC(=O)CCC(=O)OCC(=O)[C@@]2(O)CC[C@H]3[C@H]4CCC5=CC(=O)C=C[C@]5(C)[C@@H]4[C@H](O)C[C@@]32C)cc1. The summed E-state index contributed by atoms with van der Waals surface area (Å²) in [5.41, 5.74) is -1.10. The van der Waals surface area contributed by atoms with Gasteiger partial charge in [-0.25, -0.2) is 0 Å². The lowest BCUT2D eigenvalue weighted by atomic mass is 9.46. The Balaban J connectivity index is 1.15. The molecule has 1 aromatic carbocycles. The third kappa shape index (κ3) is 5.22. The predicted octanol–water partition coefficient (Wildman–Crippen LogP) is 3.21. The van der Waals surface area contributed by atoms with E-state index in [1.54, 1.807) is 31.4 Å². The van der Waals surface area contributed by atoms with Crippen molar-refractivity contribution in [3.05, 3.63) is 53.6 Å². The number of Topliss-reactive ketones (excluding diaryl/α,β-unsaturated/α-hetero) is 1. The van der Waals surface area contributed by atoms with E-state index in [1.165, 1.54) is 0 Å². The maximum absolute atomic E-state index is 13.4. The van der Waals surface area contributed by atoms with Crippen LogP contribution < -0.4 is 10.1 Å². The molecule has 0 heterocycles. The Labute approximate surface area is 246 Å². The normalized spacial score (nSPS) is 34.9. The Morgan fingerprint density at radius 2 is 1.83 bits per heavy atom. The Hall–Kier alpha value is -3.30. The van der Waals surface area contributed by atoms with Crippen LogP contribution in [0.1, 0.15) is 64.4 Å². The van der Waals surface area contributed by atoms with E-state index in [9.17, 15) is 29.4 Å². The Morgan fingerprint density at radius 1 is 1.10 bits per heavy atom. The fourth-order valence-electron chi connectivity index (χ4n) is 8.37. The lowest BCUT2D eigenvalue weighted by Gasteiger charge is -2.59. The van der Waals surface area contributed by atoms with E-state index in [0.29, 0.717) is 18.7 Å². The molecule has 1 amide bonds. The zero-order chi connectivity index (χ0) is 30.3. The van der Waals surface area contributed by atoms with Crippen LogP contribution in [-0.2, 0) is 30.5 Å². The zero-order valence-electron chi connectivity index (χ0n) is 24.6. The first-order valence-corrected chi connectivity index (χ1v) is 14.8. The van der Waals surface area contributed by atoms with Gasteiger partial charge in [0.05, 0.1) is 19.6 Å². The number of carbonyl (C=O) groups is 4. The van der Waals surface area contributed by atoms with Gasteiger partial charge in [-0.3, -0.25) is 19.2 Å². The number of rotatable bonds is 9. The molecule has 4 aliphatic rings. The molecule has 7 atom stereocenters. The summed E-state index contributed by atoms with van der Waals surface area (Å²) in [6.45, 7) is 3.69. The van der Waals surface area contributed by atoms with Crippen molar-refractivity contribution in [3.8, 4) is 5.75 Å². The maximum atomic E-state index is 13.4. The van der Waals surface area contributed by atoms with Gasteiger partial charge in [-0.2, -0.15) is 0 Å². The lowest BCUT2D eigenvalue weighted by Crippen LogP contribution is -2.61. The molecule has 3 N–H and O–H groups in total. The molecule has 3 fully saturated rings. The minimum absolute atomic E-state index is 0.00866. The number of nitrogens with one attached hydrogen (secondary N) is 1. The minimum Gasteiger partial charge on any atom is -0.497 e. The molecule has 9 heteroatoms. The van der Waals surface area contributed by atoms with Crippen LogP contribution in [0.25, 0.3) is 0 Å². The Bertz CT molecular complexity index is 1320. The van der Waals surface area contributed by atoms with Crippen molar-refractivity contribution in [2.75, 3.05) is 13.7 Å². The van der Waals surface area contributed by atoms with Crippen LogP contribution in [0.2, 0.25) is 0 Å². The van der Waals surface area contributed by atoms with Gasteiger partial charge in [0.2, 0.25) is 11.7 Å². The largest absolute Gasteiger partial charge is 0.497 e. The lowest BCUT2D eigenvalue weighted by molar-refractivity contribution is -0.181. The number of aliphatic hydroxyl groups is 2. The smallest absolute Gasteiger partial charge is 0.306 e. The van der Waals surface area contributed by atoms with E-state index in [1.807, 2.05) is 25.1 Å². The Kier molecular flexibility index (Phi) is 8.20. The van der Waals surface area contributed by atoms with Crippen LogP contribution in [0.5, 0.6) is 5.75 Å². The summed E-state index contributed by atoms with van der Waals surface area (Å²) in [6, 6.07) is 7.26. The van der Waals surface area contributed by atoms with Crippen molar-refractivity contribution in [2.24, 2.45) is 28.6 Å². The molecule has 0 spiro atoms. The number of hydrogen-bond acceptors (Lipinski definition) is 8. The summed E-state index contributed by atoms with van der Waals surface area (Å²) in [5, 5.41) is 26.0. The molecule has 9 nitrogen and oxygen atoms in total. The van der Waals surface area contributed by atoms with Crippen LogP contribution in [0.15, 0.2) is 48.1 Å². The highest BCUT2D eigenvalue weighted by molar-refractivity contribution is 6.01. The van der Waals surface area contributed by atoms with Gasteiger partial charge in [-0.05, 0) is 73.8 Å².